The Balaban J connectivity index is 2.70. The van der Waals surface area contributed by atoms with E-state index in [0.717, 1.165) is 11.1 Å². The fraction of sp³-hybridized carbons (Fsp3) is 0.467. The van der Waals surface area contributed by atoms with Crippen LogP contribution in [0, 0.1) is 24.0 Å². The molecule has 1 rings (SSSR count). The lowest BCUT2D eigenvalue weighted by molar-refractivity contribution is -0.385. The van der Waals surface area contributed by atoms with Crippen molar-refractivity contribution in [2.75, 3.05) is 13.2 Å². The van der Waals surface area contributed by atoms with Crippen LogP contribution in [0.3, 0.4) is 0 Å². The minimum absolute atomic E-state index is 0.0801. The first-order valence-corrected chi connectivity index (χ1v) is 6.59. The van der Waals surface area contributed by atoms with Gasteiger partial charge < -0.3 is 10.1 Å². The van der Waals surface area contributed by atoms with Gasteiger partial charge in [0.2, 0.25) is 0 Å². The molecule has 0 bridgehead atoms. The highest BCUT2D eigenvalue weighted by Crippen LogP contribution is 2.28. The molecule has 0 aliphatic rings. The van der Waals surface area contributed by atoms with Crippen molar-refractivity contribution in [3.05, 3.63) is 45.5 Å². The molecule has 1 aromatic carbocycles. The molecule has 20 heavy (non-hydrogen) atoms. The van der Waals surface area contributed by atoms with Crippen LogP contribution in [0.4, 0.5) is 5.69 Å². The predicted molar refractivity (Wildman–Crippen MR) is 80.3 cm³/mol. The van der Waals surface area contributed by atoms with Gasteiger partial charge in [0.15, 0.2) is 0 Å². The van der Waals surface area contributed by atoms with Crippen molar-refractivity contribution < 1.29 is 9.66 Å². The van der Waals surface area contributed by atoms with Crippen LogP contribution in [-0.4, -0.2) is 24.1 Å². The lowest BCUT2D eigenvalue weighted by Gasteiger charge is -2.13. The zero-order valence-corrected chi connectivity index (χ0v) is 12.5. The van der Waals surface area contributed by atoms with E-state index >= 15 is 0 Å². The minimum Gasteiger partial charge on any atom is -0.489 e. The number of nitrogens with one attached hydrogen (secondary N) is 1. The molecule has 0 fully saturated rings. The van der Waals surface area contributed by atoms with Gasteiger partial charge in [0.25, 0.3) is 5.69 Å². The number of nitro benzene ring substituents is 1. The Morgan fingerprint density at radius 1 is 1.40 bits per heavy atom. The first-order valence-electron chi connectivity index (χ1n) is 6.59. The standard InChI is InChI=1S/C15H22N2O3/c1-10(2)16-8-11(3)9-20-15-7-14(17(18)19)12(4)6-13(15)5/h6-7,10,16H,3,8-9H2,1-2,4-5H3. The molecule has 0 radical (unpaired) electrons. The van der Waals surface area contributed by atoms with Crippen LogP contribution in [0.25, 0.3) is 0 Å². The Labute approximate surface area is 119 Å². The number of hydrogen-bond donors (Lipinski definition) is 1. The Kier molecular flexibility index (Phi) is 5.70. The number of aryl methyl sites for hydroxylation is 2. The van der Waals surface area contributed by atoms with Gasteiger partial charge in [-0.3, -0.25) is 10.1 Å². The van der Waals surface area contributed by atoms with Crippen molar-refractivity contribution in [1.29, 1.82) is 0 Å². The molecule has 0 atom stereocenters. The van der Waals surface area contributed by atoms with Crippen molar-refractivity contribution in [3.63, 3.8) is 0 Å². The molecule has 1 aromatic rings. The van der Waals surface area contributed by atoms with Gasteiger partial charge in [-0.1, -0.05) is 20.4 Å². The van der Waals surface area contributed by atoms with E-state index in [4.69, 9.17) is 4.74 Å². The minimum atomic E-state index is -0.392. The van der Waals surface area contributed by atoms with Gasteiger partial charge in [-0.15, -0.1) is 0 Å². The van der Waals surface area contributed by atoms with E-state index in [-0.39, 0.29) is 5.69 Å². The molecule has 5 heteroatoms. The molecule has 0 unspecified atom stereocenters. The molecule has 5 nitrogen and oxygen atoms in total. The van der Waals surface area contributed by atoms with Gasteiger partial charge in [0.05, 0.1) is 11.0 Å². The Hall–Kier alpha value is -1.88. The maximum atomic E-state index is 10.9. The summed E-state index contributed by atoms with van der Waals surface area (Å²) in [6, 6.07) is 3.63. The Morgan fingerprint density at radius 3 is 2.60 bits per heavy atom. The normalized spacial score (nSPS) is 10.7. The van der Waals surface area contributed by atoms with E-state index in [2.05, 4.69) is 25.7 Å². The van der Waals surface area contributed by atoms with Crippen LogP contribution in [0.15, 0.2) is 24.3 Å². The van der Waals surface area contributed by atoms with Gasteiger partial charge in [-0.05, 0) is 31.1 Å². The maximum Gasteiger partial charge on any atom is 0.276 e. The van der Waals surface area contributed by atoms with Crippen LogP contribution in [-0.2, 0) is 0 Å². The lowest BCUT2D eigenvalue weighted by Crippen LogP contribution is -2.26. The monoisotopic (exact) mass is 278 g/mol. The van der Waals surface area contributed by atoms with E-state index in [1.807, 2.05) is 6.92 Å². The van der Waals surface area contributed by atoms with Crippen LogP contribution < -0.4 is 10.1 Å². The fourth-order valence-electron chi connectivity index (χ4n) is 1.75. The molecule has 0 aliphatic carbocycles. The highest BCUT2D eigenvalue weighted by Gasteiger charge is 2.14. The molecule has 0 saturated carbocycles. The molecule has 0 heterocycles. The molecule has 110 valence electrons. The largest absolute Gasteiger partial charge is 0.489 e. The summed E-state index contributed by atoms with van der Waals surface area (Å²) in [5.74, 6) is 0.535. The van der Waals surface area contributed by atoms with Crippen LogP contribution in [0.5, 0.6) is 5.75 Å². The second kappa shape index (κ2) is 7.05. The van der Waals surface area contributed by atoms with Crippen LogP contribution in [0.1, 0.15) is 25.0 Å². The summed E-state index contributed by atoms with van der Waals surface area (Å²) in [4.78, 5) is 10.5. The van der Waals surface area contributed by atoms with E-state index in [0.29, 0.717) is 30.5 Å². The second-order valence-electron chi connectivity index (χ2n) is 5.24. The summed E-state index contributed by atoms with van der Waals surface area (Å²) in [5.41, 5.74) is 2.51. The molecular formula is C15H22N2O3. The first-order chi connectivity index (χ1) is 9.31. The average molecular weight is 278 g/mol. The zero-order chi connectivity index (χ0) is 15.3. The number of rotatable bonds is 7. The van der Waals surface area contributed by atoms with Gasteiger partial charge in [0.1, 0.15) is 12.4 Å². The highest BCUT2D eigenvalue weighted by molar-refractivity contribution is 5.49. The van der Waals surface area contributed by atoms with Gasteiger partial charge in [0, 0.05) is 18.2 Å². The summed E-state index contributed by atoms with van der Waals surface area (Å²) < 4.78 is 5.63. The van der Waals surface area contributed by atoms with Crippen LogP contribution in [0.2, 0.25) is 0 Å². The molecule has 1 N–H and O–H groups in total. The number of nitro groups is 1. The van der Waals surface area contributed by atoms with E-state index in [9.17, 15) is 10.1 Å². The predicted octanol–water partition coefficient (Wildman–Crippen LogP) is 3.14. The average Bonchev–Trinajstić information content (AvgIpc) is 2.34. The quantitative estimate of drug-likeness (QED) is 0.473. The van der Waals surface area contributed by atoms with E-state index in [1.54, 1.807) is 13.0 Å². The van der Waals surface area contributed by atoms with Crippen molar-refractivity contribution in [3.8, 4) is 5.75 Å². The highest BCUT2D eigenvalue weighted by atomic mass is 16.6. The maximum absolute atomic E-state index is 10.9. The molecule has 0 saturated heterocycles. The van der Waals surface area contributed by atoms with Crippen LogP contribution >= 0.6 is 0 Å². The summed E-state index contributed by atoms with van der Waals surface area (Å²) in [7, 11) is 0. The Bertz CT molecular complexity index is 510. The van der Waals surface area contributed by atoms with E-state index < -0.39 is 4.92 Å². The summed E-state index contributed by atoms with van der Waals surface area (Å²) in [5, 5.41) is 14.2. The molecular weight excluding hydrogens is 256 g/mol. The third-order valence-electron chi connectivity index (χ3n) is 2.88. The second-order valence-corrected chi connectivity index (χ2v) is 5.24. The third kappa shape index (κ3) is 4.66. The molecule has 0 amide bonds. The number of ether oxygens (including phenoxy) is 1. The third-order valence-corrected chi connectivity index (χ3v) is 2.88. The van der Waals surface area contributed by atoms with Crippen molar-refractivity contribution in [2.24, 2.45) is 0 Å². The summed E-state index contributed by atoms with van der Waals surface area (Å²) in [6.07, 6.45) is 0. The van der Waals surface area contributed by atoms with Crippen molar-refractivity contribution >= 4 is 5.69 Å². The van der Waals surface area contributed by atoms with Gasteiger partial charge in [-0.25, -0.2) is 0 Å². The van der Waals surface area contributed by atoms with Crippen molar-refractivity contribution in [1.82, 2.24) is 5.32 Å². The fourth-order valence-corrected chi connectivity index (χ4v) is 1.75. The van der Waals surface area contributed by atoms with Gasteiger partial charge >= 0.3 is 0 Å². The molecule has 0 spiro atoms. The summed E-state index contributed by atoms with van der Waals surface area (Å²) >= 11 is 0. The Morgan fingerprint density at radius 2 is 2.05 bits per heavy atom. The topological polar surface area (TPSA) is 64.4 Å². The van der Waals surface area contributed by atoms with Gasteiger partial charge in [-0.2, -0.15) is 0 Å². The smallest absolute Gasteiger partial charge is 0.276 e. The molecule has 0 aliphatic heterocycles. The number of benzene rings is 1. The zero-order valence-electron chi connectivity index (χ0n) is 12.5. The molecule has 0 aromatic heterocycles. The lowest BCUT2D eigenvalue weighted by atomic mass is 10.1. The SMILES string of the molecule is C=C(CNC(C)C)COc1cc([N+](=O)[O-])c(C)cc1C. The summed E-state index contributed by atoms with van der Waals surface area (Å²) in [6.45, 7) is 12.7. The number of hydrogen-bond acceptors (Lipinski definition) is 4. The first kappa shape index (κ1) is 16.2. The number of nitrogens with zero attached hydrogens (tertiary/aromatic N) is 1. The van der Waals surface area contributed by atoms with Crippen molar-refractivity contribution in [2.45, 2.75) is 33.7 Å². The van der Waals surface area contributed by atoms with E-state index in [1.165, 1.54) is 6.07 Å².